The minimum absolute atomic E-state index is 0.746. The van der Waals surface area contributed by atoms with E-state index in [1.165, 1.54) is 0 Å². The van der Waals surface area contributed by atoms with Crippen LogP contribution >= 0.6 is 0 Å². The van der Waals surface area contributed by atoms with Gasteiger partial charge in [-0.3, -0.25) is 0 Å². The molecule has 0 saturated heterocycles. The molecule has 3 aromatic rings. The molecular formula is C16H14N4. The fraction of sp³-hybridized carbons (Fsp3) is 0.0625. The Bertz CT molecular complexity index is 715. The summed E-state index contributed by atoms with van der Waals surface area (Å²) >= 11 is 0. The predicted octanol–water partition coefficient (Wildman–Crippen LogP) is 3.14. The van der Waals surface area contributed by atoms with Gasteiger partial charge < -0.3 is 0 Å². The van der Waals surface area contributed by atoms with Gasteiger partial charge in [-0.1, -0.05) is 60.7 Å². The summed E-state index contributed by atoms with van der Waals surface area (Å²) in [4.78, 5) is 0. The van der Waals surface area contributed by atoms with Gasteiger partial charge in [0.2, 0.25) is 0 Å². The van der Waals surface area contributed by atoms with Crippen molar-refractivity contribution in [2.45, 2.75) is 6.92 Å². The molecule has 0 spiro atoms. The van der Waals surface area contributed by atoms with Crippen LogP contribution < -0.4 is 0 Å². The van der Waals surface area contributed by atoms with Crippen LogP contribution in [0.25, 0.3) is 11.4 Å². The summed E-state index contributed by atoms with van der Waals surface area (Å²) in [5.74, 6) is 1.51. The Hall–Kier alpha value is -2.75. The highest BCUT2D eigenvalue weighted by Gasteiger charge is 2.09. The summed E-state index contributed by atoms with van der Waals surface area (Å²) in [5, 5.41) is 12.8. The number of aryl methyl sites for hydroxylation is 1. The van der Waals surface area contributed by atoms with Crippen molar-refractivity contribution >= 4 is 6.21 Å². The molecule has 0 bridgehead atoms. The van der Waals surface area contributed by atoms with Gasteiger partial charge in [-0.15, -0.1) is 10.2 Å². The molecule has 0 aliphatic carbocycles. The first-order valence-corrected chi connectivity index (χ1v) is 6.41. The Morgan fingerprint density at radius 3 is 2.25 bits per heavy atom. The molecule has 1 aromatic heterocycles. The van der Waals surface area contributed by atoms with Crippen LogP contribution in [0.1, 0.15) is 11.4 Å². The number of hydrogen-bond donors (Lipinski definition) is 0. The van der Waals surface area contributed by atoms with Crippen molar-refractivity contribution in [1.29, 1.82) is 0 Å². The molecule has 2 aromatic carbocycles. The van der Waals surface area contributed by atoms with Gasteiger partial charge in [0, 0.05) is 5.56 Å². The molecule has 4 heteroatoms. The highest BCUT2D eigenvalue weighted by atomic mass is 15.4. The van der Waals surface area contributed by atoms with Crippen molar-refractivity contribution < 1.29 is 0 Å². The highest BCUT2D eigenvalue weighted by Crippen LogP contribution is 2.17. The topological polar surface area (TPSA) is 43.1 Å². The molecule has 0 fully saturated rings. The second-order valence-electron chi connectivity index (χ2n) is 4.40. The lowest BCUT2D eigenvalue weighted by Crippen LogP contribution is -1.96. The SMILES string of the molecule is Cc1nnc(-c2ccccc2)n1N=Cc1ccccc1. The van der Waals surface area contributed by atoms with Crippen LogP contribution in [0.2, 0.25) is 0 Å². The number of nitrogens with zero attached hydrogens (tertiary/aromatic N) is 4. The lowest BCUT2D eigenvalue weighted by atomic mass is 10.2. The molecule has 0 atom stereocenters. The van der Waals surface area contributed by atoms with Crippen LogP contribution in [0.5, 0.6) is 0 Å². The van der Waals surface area contributed by atoms with Crippen LogP contribution in [0, 0.1) is 6.92 Å². The average Bonchev–Trinajstić information content (AvgIpc) is 2.88. The monoisotopic (exact) mass is 262 g/mol. The second-order valence-corrected chi connectivity index (χ2v) is 4.40. The third-order valence-electron chi connectivity index (χ3n) is 2.95. The van der Waals surface area contributed by atoms with Crippen molar-refractivity contribution in [3.8, 4) is 11.4 Å². The van der Waals surface area contributed by atoms with E-state index in [1.807, 2.05) is 73.8 Å². The third kappa shape index (κ3) is 2.49. The summed E-state index contributed by atoms with van der Waals surface area (Å²) in [6.45, 7) is 1.89. The molecule has 0 saturated carbocycles. The molecule has 0 N–H and O–H groups in total. The van der Waals surface area contributed by atoms with Gasteiger partial charge in [-0.2, -0.15) is 9.78 Å². The Balaban J connectivity index is 1.98. The van der Waals surface area contributed by atoms with Crippen molar-refractivity contribution in [3.63, 3.8) is 0 Å². The van der Waals surface area contributed by atoms with E-state index >= 15 is 0 Å². The van der Waals surface area contributed by atoms with Crippen LogP contribution in [0.15, 0.2) is 65.8 Å². The van der Waals surface area contributed by atoms with E-state index < -0.39 is 0 Å². The zero-order valence-electron chi connectivity index (χ0n) is 11.1. The molecule has 0 radical (unpaired) electrons. The van der Waals surface area contributed by atoms with Gasteiger partial charge in [0.15, 0.2) is 11.6 Å². The highest BCUT2D eigenvalue weighted by molar-refractivity contribution is 5.79. The van der Waals surface area contributed by atoms with Crippen LogP contribution in [0.4, 0.5) is 0 Å². The maximum Gasteiger partial charge on any atom is 0.185 e. The van der Waals surface area contributed by atoms with E-state index in [4.69, 9.17) is 0 Å². The Morgan fingerprint density at radius 1 is 0.900 bits per heavy atom. The molecule has 0 amide bonds. The number of aromatic nitrogens is 3. The van der Waals surface area contributed by atoms with Crippen LogP contribution in [0.3, 0.4) is 0 Å². The van der Waals surface area contributed by atoms with Gasteiger partial charge in [-0.05, 0) is 12.5 Å². The summed E-state index contributed by atoms with van der Waals surface area (Å²) in [5.41, 5.74) is 2.04. The molecule has 3 rings (SSSR count). The van der Waals surface area contributed by atoms with Crippen molar-refractivity contribution in [3.05, 3.63) is 72.1 Å². The second kappa shape index (κ2) is 5.48. The van der Waals surface area contributed by atoms with Crippen molar-refractivity contribution in [2.24, 2.45) is 5.10 Å². The first-order chi connectivity index (χ1) is 9.84. The molecule has 0 aliphatic rings. The largest absolute Gasteiger partial charge is 0.197 e. The summed E-state index contributed by atoms with van der Waals surface area (Å²) in [7, 11) is 0. The standard InChI is InChI=1S/C16H14N4/c1-13-18-19-16(15-10-6-3-7-11-15)20(13)17-12-14-8-4-2-5-9-14/h2-12H,1H3. The molecule has 0 aliphatic heterocycles. The van der Waals surface area contributed by atoms with Gasteiger partial charge in [0.1, 0.15) is 0 Å². The lowest BCUT2D eigenvalue weighted by Gasteiger charge is -2.02. The zero-order valence-corrected chi connectivity index (χ0v) is 11.1. The lowest BCUT2D eigenvalue weighted by molar-refractivity contribution is 0.839. The maximum atomic E-state index is 4.48. The van der Waals surface area contributed by atoms with E-state index in [0.29, 0.717) is 0 Å². The van der Waals surface area contributed by atoms with Crippen molar-refractivity contribution in [1.82, 2.24) is 14.9 Å². The Kier molecular flexibility index (Phi) is 3.37. The summed E-state index contributed by atoms with van der Waals surface area (Å²) in [6.07, 6.45) is 1.81. The average molecular weight is 262 g/mol. The van der Waals surface area contributed by atoms with E-state index in [2.05, 4.69) is 15.3 Å². The normalized spacial score (nSPS) is 11.1. The first-order valence-electron chi connectivity index (χ1n) is 6.41. The third-order valence-corrected chi connectivity index (χ3v) is 2.95. The Morgan fingerprint density at radius 2 is 1.55 bits per heavy atom. The van der Waals surface area contributed by atoms with Gasteiger partial charge in [0.25, 0.3) is 0 Å². The minimum atomic E-state index is 0.746. The van der Waals surface area contributed by atoms with E-state index in [0.717, 1.165) is 22.8 Å². The predicted molar refractivity (Wildman–Crippen MR) is 79.6 cm³/mol. The van der Waals surface area contributed by atoms with Gasteiger partial charge in [-0.25, -0.2) is 0 Å². The van der Waals surface area contributed by atoms with Gasteiger partial charge in [0.05, 0.1) is 6.21 Å². The fourth-order valence-electron chi connectivity index (χ4n) is 1.93. The zero-order chi connectivity index (χ0) is 13.8. The molecule has 1 heterocycles. The van der Waals surface area contributed by atoms with Crippen molar-refractivity contribution in [2.75, 3.05) is 0 Å². The molecule has 4 nitrogen and oxygen atoms in total. The smallest absolute Gasteiger partial charge is 0.185 e. The Labute approximate surface area is 117 Å². The van der Waals surface area contributed by atoms with E-state index in [-0.39, 0.29) is 0 Å². The van der Waals surface area contributed by atoms with E-state index in [1.54, 1.807) is 4.68 Å². The first kappa shape index (κ1) is 12.3. The molecule has 0 unspecified atom stereocenters. The minimum Gasteiger partial charge on any atom is -0.197 e. The van der Waals surface area contributed by atoms with E-state index in [9.17, 15) is 0 Å². The van der Waals surface area contributed by atoms with Gasteiger partial charge >= 0.3 is 0 Å². The quantitative estimate of drug-likeness (QED) is 0.680. The molecular weight excluding hydrogens is 248 g/mol. The number of rotatable bonds is 3. The summed E-state index contributed by atoms with van der Waals surface area (Å²) in [6, 6.07) is 19.9. The summed E-state index contributed by atoms with van der Waals surface area (Å²) < 4.78 is 1.75. The maximum absolute atomic E-state index is 4.48. The van der Waals surface area contributed by atoms with Crippen LogP contribution in [-0.4, -0.2) is 21.1 Å². The fourth-order valence-corrected chi connectivity index (χ4v) is 1.93. The number of benzene rings is 2. The molecule has 98 valence electrons. The molecule has 20 heavy (non-hydrogen) atoms. The number of hydrogen-bond acceptors (Lipinski definition) is 3. The van der Waals surface area contributed by atoms with Crippen LogP contribution in [-0.2, 0) is 0 Å².